The van der Waals surface area contributed by atoms with Crippen LogP contribution in [-0.4, -0.2) is 31.9 Å². The standard InChI is InChI=1S/C27H31N3O4S/c1-18(22-7-3-8-23(15-22)34-16-19-11-12-19)30-35(32,33)17-21-6-2-5-20(13-21)14-25-24-9-4-10-26(31)27(24)29-28-25/h2-10,13,15,18-19,24,27,29-31H,11-12,14,16-17H2,1H3/t18-,24?,27?/m1/s1. The van der Waals surface area contributed by atoms with Gasteiger partial charge in [0.05, 0.1) is 18.1 Å². The number of nitrogens with zero attached hydrogens (tertiary/aromatic N) is 1. The van der Waals surface area contributed by atoms with E-state index in [4.69, 9.17) is 4.74 Å². The SMILES string of the molecule is C[C@@H](NS(=O)(=O)Cc1cccc(CC2=NNC3C(O)=CC=CC23)c1)c1cccc(OCC2CC2)c1. The molecule has 184 valence electrons. The van der Waals surface area contributed by atoms with E-state index >= 15 is 0 Å². The van der Waals surface area contributed by atoms with Crippen molar-refractivity contribution in [3.05, 3.63) is 89.2 Å². The summed E-state index contributed by atoms with van der Waals surface area (Å²) in [6, 6.07) is 14.6. The van der Waals surface area contributed by atoms with Crippen molar-refractivity contribution in [2.45, 2.75) is 44.0 Å². The van der Waals surface area contributed by atoms with E-state index in [9.17, 15) is 13.5 Å². The fourth-order valence-corrected chi connectivity index (χ4v) is 5.89. The number of rotatable bonds is 10. The molecule has 2 aromatic rings. The molecule has 2 unspecified atom stereocenters. The Hall–Kier alpha value is -3.10. The van der Waals surface area contributed by atoms with Crippen molar-refractivity contribution in [1.29, 1.82) is 0 Å². The lowest BCUT2D eigenvalue weighted by Gasteiger charge is -2.19. The molecule has 1 fully saturated rings. The molecule has 1 heterocycles. The van der Waals surface area contributed by atoms with Gasteiger partial charge in [0.1, 0.15) is 17.6 Å². The zero-order valence-electron chi connectivity index (χ0n) is 19.7. The van der Waals surface area contributed by atoms with Crippen LogP contribution in [0.25, 0.3) is 0 Å². The van der Waals surface area contributed by atoms with Crippen molar-refractivity contribution in [3.63, 3.8) is 0 Å². The van der Waals surface area contributed by atoms with Crippen LogP contribution in [0.3, 0.4) is 0 Å². The van der Waals surface area contributed by atoms with Crippen LogP contribution in [-0.2, 0) is 22.2 Å². The van der Waals surface area contributed by atoms with E-state index in [-0.39, 0.29) is 29.5 Å². The van der Waals surface area contributed by atoms with Gasteiger partial charge in [0.25, 0.3) is 0 Å². The Labute approximate surface area is 206 Å². The summed E-state index contributed by atoms with van der Waals surface area (Å²) in [6.45, 7) is 2.56. The smallest absolute Gasteiger partial charge is 0.216 e. The highest BCUT2D eigenvalue weighted by Crippen LogP contribution is 2.30. The Balaban J connectivity index is 1.20. The largest absolute Gasteiger partial charge is 0.510 e. The lowest BCUT2D eigenvalue weighted by molar-refractivity contribution is 0.299. The molecular weight excluding hydrogens is 462 g/mol. The van der Waals surface area contributed by atoms with Crippen LogP contribution in [0.15, 0.2) is 77.6 Å². The summed E-state index contributed by atoms with van der Waals surface area (Å²) in [4.78, 5) is 0. The van der Waals surface area contributed by atoms with Gasteiger partial charge in [-0.15, -0.1) is 0 Å². The highest BCUT2D eigenvalue weighted by Gasteiger charge is 2.33. The second kappa shape index (κ2) is 9.87. The number of fused-ring (bicyclic) bond motifs is 1. The predicted octanol–water partition coefficient (Wildman–Crippen LogP) is 4.15. The van der Waals surface area contributed by atoms with Crippen LogP contribution >= 0.6 is 0 Å². The Morgan fingerprint density at radius 1 is 1.17 bits per heavy atom. The fourth-order valence-electron chi connectivity index (χ4n) is 4.52. The molecule has 0 radical (unpaired) electrons. The number of aliphatic hydroxyl groups excluding tert-OH is 1. The third-order valence-corrected chi connectivity index (χ3v) is 8.05. The van der Waals surface area contributed by atoms with E-state index in [1.54, 1.807) is 6.08 Å². The number of hydrazone groups is 1. The summed E-state index contributed by atoms with van der Waals surface area (Å²) in [6.07, 6.45) is 8.56. The van der Waals surface area contributed by atoms with Gasteiger partial charge in [-0.05, 0) is 60.6 Å². The summed E-state index contributed by atoms with van der Waals surface area (Å²) >= 11 is 0. The molecule has 7 nitrogen and oxygen atoms in total. The lowest BCUT2D eigenvalue weighted by Crippen LogP contribution is -2.32. The summed E-state index contributed by atoms with van der Waals surface area (Å²) in [5.74, 6) is 1.60. The average molecular weight is 494 g/mol. The zero-order chi connectivity index (χ0) is 24.4. The molecule has 0 bridgehead atoms. The molecule has 1 saturated carbocycles. The van der Waals surface area contributed by atoms with Crippen LogP contribution in [0, 0.1) is 11.8 Å². The second-order valence-electron chi connectivity index (χ2n) is 9.63. The van der Waals surface area contributed by atoms with E-state index in [1.165, 1.54) is 12.8 Å². The Morgan fingerprint density at radius 3 is 2.80 bits per heavy atom. The number of aliphatic hydroxyl groups is 1. The van der Waals surface area contributed by atoms with Crippen LogP contribution < -0.4 is 14.9 Å². The first-order valence-electron chi connectivity index (χ1n) is 12.1. The molecule has 0 saturated heterocycles. The van der Waals surface area contributed by atoms with Gasteiger partial charge in [-0.25, -0.2) is 13.1 Å². The number of allylic oxidation sites excluding steroid dienone is 2. The molecule has 1 aliphatic heterocycles. The molecule has 0 aromatic heterocycles. The molecule has 8 heteroatoms. The van der Waals surface area contributed by atoms with E-state index in [0.29, 0.717) is 17.9 Å². The highest BCUT2D eigenvalue weighted by molar-refractivity contribution is 7.88. The quantitative estimate of drug-likeness (QED) is 0.462. The molecule has 5 rings (SSSR count). The number of ether oxygens (including phenoxy) is 1. The number of hydrogen-bond acceptors (Lipinski definition) is 6. The average Bonchev–Trinajstić information content (AvgIpc) is 3.57. The Kier molecular flexibility index (Phi) is 6.67. The summed E-state index contributed by atoms with van der Waals surface area (Å²) in [7, 11) is -3.57. The Bertz CT molecular complexity index is 1280. The first-order chi connectivity index (χ1) is 16.9. The molecule has 2 aliphatic carbocycles. The van der Waals surface area contributed by atoms with Gasteiger partial charge in [-0.1, -0.05) is 48.6 Å². The van der Waals surface area contributed by atoms with Crippen molar-refractivity contribution in [2.24, 2.45) is 16.9 Å². The summed E-state index contributed by atoms with van der Waals surface area (Å²) in [5.41, 5.74) is 6.48. The fraction of sp³-hybridized carbons (Fsp3) is 0.370. The van der Waals surface area contributed by atoms with Gasteiger partial charge in [0, 0.05) is 18.4 Å². The topological polar surface area (TPSA) is 100 Å². The number of nitrogens with one attached hydrogen (secondary N) is 2. The minimum atomic E-state index is -3.57. The first-order valence-corrected chi connectivity index (χ1v) is 13.7. The van der Waals surface area contributed by atoms with Gasteiger partial charge in [0.2, 0.25) is 10.0 Å². The summed E-state index contributed by atoms with van der Waals surface area (Å²) < 4.78 is 34.5. The van der Waals surface area contributed by atoms with Crippen molar-refractivity contribution < 1.29 is 18.3 Å². The normalized spacial score (nSPS) is 22.1. The van der Waals surface area contributed by atoms with Gasteiger partial charge in [-0.3, -0.25) is 5.43 Å². The van der Waals surface area contributed by atoms with Gasteiger partial charge >= 0.3 is 0 Å². The molecule has 2 aromatic carbocycles. The van der Waals surface area contributed by atoms with Gasteiger partial charge < -0.3 is 9.84 Å². The van der Waals surface area contributed by atoms with E-state index in [1.807, 2.05) is 67.6 Å². The highest BCUT2D eigenvalue weighted by atomic mass is 32.2. The molecule has 3 atom stereocenters. The number of hydrogen-bond donors (Lipinski definition) is 3. The second-order valence-corrected chi connectivity index (χ2v) is 11.4. The first kappa shape index (κ1) is 23.6. The van der Waals surface area contributed by atoms with Crippen LogP contribution in [0.2, 0.25) is 0 Å². The van der Waals surface area contributed by atoms with Gasteiger partial charge in [-0.2, -0.15) is 5.10 Å². The maximum Gasteiger partial charge on any atom is 0.216 e. The van der Waals surface area contributed by atoms with Crippen molar-refractivity contribution in [1.82, 2.24) is 10.1 Å². The number of sulfonamides is 1. The van der Waals surface area contributed by atoms with E-state index in [2.05, 4.69) is 15.2 Å². The monoisotopic (exact) mass is 493 g/mol. The third-order valence-electron chi connectivity index (χ3n) is 6.63. The molecule has 0 spiro atoms. The molecule has 3 aliphatic rings. The van der Waals surface area contributed by atoms with Gasteiger partial charge in [0.15, 0.2) is 0 Å². The van der Waals surface area contributed by atoms with Crippen LogP contribution in [0.5, 0.6) is 5.75 Å². The molecule has 3 N–H and O–H groups in total. The maximum absolute atomic E-state index is 13.0. The third kappa shape index (κ3) is 5.94. The van der Waals surface area contributed by atoms with Crippen molar-refractivity contribution in [2.75, 3.05) is 6.61 Å². The molecule has 0 amide bonds. The molecule has 35 heavy (non-hydrogen) atoms. The van der Waals surface area contributed by atoms with Crippen LogP contribution in [0.1, 0.15) is 42.5 Å². The minimum Gasteiger partial charge on any atom is -0.510 e. The number of benzene rings is 2. The molecular formula is C27H31N3O4S. The van der Waals surface area contributed by atoms with E-state index < -0.39 is 10.0 Å². The summed E-state index contributed by atoms with van der Waals surface area (Å²) in [5, 5.41) is 14.5. The predicted molar refractivity (Wildman–Crippen MR) is 137 cm³/mol. The minimum absolute atomic E-state index is 0.000997. The maximum atomic E-state index is 13.0. The van der Waals surface area contributed by atoms with Crippen molar-refractivity contribution in [3.8, 4) is 5.75 Å². The van der Waals surface area contributed by atoms with E-state index in [0.717, 1.165) is 29.2 Å². The van der Waals surface area contributed by atoms with Crippen LogP contribution in [0.4, 0.5) is 0 Å². The van der Waals surface area contributed by atoms with Crippen molar-refractivity contribution >= 4 is 15.7 Å². The lowest BCUT2D eigenvalue weighted by atomic mass is 9.88. The zero-order valence-corrected chi connectivity index (χ0v) is 20.5. The Morgan fingerprint density at radius 2 is 1.97 bits per heavy atom.